The topological polar surface area (TPSA) is 175 Å². The fourth-order valence-electron chi connectivity index (χ4n) is 10.9. The molecule has 11 heteroatoms. The number of aliphatic hydroxyl groups excluding tert-OH is 5. The molecule has 8 unspecified atom stereocenters. The number of allylic oxidation sites excluding steroid dienone is 11. The highest BCUT2D eigenvalue weighted by atomic mass is 16.7. The molecule has 0 bridgehead atoms. The van der Waals surface area contributed by atoms with E-state index in [-0.39, 0.29) is 19.4 Å². The largest absolute Gasteiger partial charge is 0.454 e. The molecule has 1 aliphatic rings. The van der Waals surface area contributed by atoms with Gasteiger partial charge in [-0.25, -0.2) is 0 Å². The maximum absolute atomic E-state index is 13.5. The van der Waals surface area contributed by atoms with Gasteiger partial charge in [0, 0.05) is 6.42 Å². The number of hydrogen-bond donors (Lipinski definition) is 6. The Balaban J connectivity index is 2.61. The summed E-state index contributed by atoms with van der Waals surface area (Å²) >= 11 is 0. The highest BCUT2D eigenvalue weighted by molar-refractivity contribution is 5.80. The van der Waals surface area contributed by atoms with Crippen LogP contribution in [0.2, 0.25) is 0 Å². The average molecular weight is 1200 g/mol. The van der Waals surface area contributed by atoms with E-state index in [1.54, 1.807) is 6.08 Å². The van der Waals surface area contributed by atoms with Crippen molar-refractivity contribution in [2.24, 2.45) is 0 Å². The third-order valence-electron chi connectivity index (χ3n) is 16.6. The van der Waals surface area contributed by atoms with E-state index in [0.29, 0.717) is 12.8 Å². The molecule has 6 N–H and O–H groups in total. The molecule has 0 saturated carbocycles. The van der Waals surface area contributed by atoms with E-state index < -0.39 is 67.4 Å². The summed E-state index contributed by atoms with van der Waals surface area (Å²) in [6, 6.07) is -1.03. The number of rotatable bonds is 61. The van der Waals surface area contributed by atoms with Crippen molar-refractivity contribution in [3.05, 3.63) is 72.9 Å². The first-order valence-electron chi connectivity index (χ1n) is 35.7. The number of nitrogens with one attached hydrogen (secondary N) is 1. The van der Waals surface area contributed by atoms with Gasteiger partial charge in [0.05, 0.1) is 25.4 Å². The normalized spacial score (nSPS) is 18.8. The second-order valence-corrected chi connectivity index (χ2v) is 24.6. The third-order valence-corrected chi connectivity index (χ3v) is 16.6. The van der Waals surface area contributed by atoms with Crippen LogP contribution in [0.4, 0.5) is 0 Å². The molecule has 1 aliphatic heterocycles. The molecule has 1 fully saturated rings. The van der Waals surface area contributed by atoms with E-state index >= 15 is 0 Å². The van der Waals surface area contributed by atoms with Crippen LogP contribution in [0.25, 0.3) is 0 Å². The predicted molar refractivity (Wildman–Crippen MR) is 356 cm³/mol. The van der Waals surface area contributed by atoms with Crippen molar-refractivity contribution in [3.8, 4) is 0 Å². The van der Waals surface area contributed by atoms with Gasteiger partial charge in [-0.3, -0.25) is 9.59 Å². The Bertz CT molecular complexity index is 1660. The molecule has 8 atom stereocenters. The Kier molecular flexibility index (Phi) is 57.8. The van der Waals surface area contributed by atoms with E-state index in [1.165, 1.54) is 173 Å². The lowest BCUT2D eigenvalue weighted by Crippen LogP contribution is -2.61. The maximum Gasteiger partial charge on any atom is 0.306 e. The fourth-order valence-corrected chi connectivity index (χ4v) is 10.9. The molecule has 0 spiro atoms. The zero-order valence-corrected chi connectivity index (χ0v) is 55.0. The van der Waals surface area contributed by atoms with Crippen molar-refractivity contribution < 1.29 is 49.3 Å². The number of ether oxygens (including phenoxy) is 3. The Labute approximate surface area is 521 Å². The molecule has 0 aliphatic carbocycles. The second kappa shape index (κ2) is 61.3. The molecular formula is C74H133NO10. The molecule has 1 heterocycles. The van der Waals surface area contributed by atoms with Crippen molar-refractivity contribution in [2.75, 3.05) is 13.2 Å². The van der Waals surface area contributed by atoms with Crippen LogP contribution < -0.4 is 5.32 Å². The molecule has 1 rings (SSSR count). The van der Waals surface area contributed by atoms with Gasteiger partial charge in [0.1, 0.15) is 24.4 Å². The lowest BCUT2D eigenvalue weighted by atomic mass is 9.99. The Hall–Kier alpha value is -2.90. The molecule has 11 nitrogen and oxygen atoms in total. The van der Waals surface area contributed by atoms with Crippen molar-refractivity contribution in [2.45, 2.75) is 372 Å². The van der Waals surface area contributed by atoms with Crippen LogP contribution in [0.5, 0.6) is 0 Å². The molecule has 0 radical (unpaired) electrons. The van der Waals surface area contributed by atoms with Crippen molar-refractivity contribution >= 4 is 11.9 Å². The summed E-state index contributed by atoms with van der Waals surface area (Å²) in [4.78, 5) is 26.7. The van der Waals surface area contributed by atoms with Gasteiger partial charge < -0.3 is 45.1 Å². The highest BCUT2D eigenvalue weighted by Crippen LogP contribution is 2.26. The summed E-state index contributed by atoms with van der Waals surface area (Å²) in [7, 11) is 0. The van der Waals surface area contributed by atoms with E-state index in [1.807, 2.05) is 6.08 Å². The molecule has 0 aromatic carbocycles. The molecule has 494 valence electrons. The zero-order valence-electron chi connectivity index (χ0n) is 55.0. The van der Waals surface area contributed by atoms with Crippen LogP contribution in [0.1, 0.15) is 323 Å². The number of hydrogen-bond acceptors (Lipinski definition) is 10. The summed E-state index contributed by atoms with van der Waals surface area (Å²) < 4.78 is 17.7. The molecule has 0 aromatic rings. The van der Waals surface area contributed by atoms with Gasteiger partial charge in [0.25, 0.3) is 0 Å². The number of carbonyl (C=O) groups excluding carboxylic acids is 2. The van der Waals surface area contributed by atoms with E-state index in [4.69, 9.17) is 14.2 Å². The van der Waals surface area contributed by atoms with Crippen LogP contribution in [-0.4, -0.2) is 99.6 Å². The molecule has 1 saturated heterocycles. The molecular weight excluding hydrogens is 1060 g/mol. The van der Waals surface area contributed by atoms with Crippen molar-refractivity contribution in [1.82, 2.24) is 5.32 Å². The van der Waals surface area contributed by atoms with Crippen molar-refractivity contribution in [1.29, 1.82) is 0 Å². The second-order valence-electron chi connectivity index (χ2n) is 24.6. The van der Waals surface area contributed by atoms with Crippen LogP contribution in [0.15, 0.2) is 72.9 Å². The van der Waals surface area contributed by atoms with Gasteiger partial charge >= 0.3 is 5.97 Å². The first-order chi connectivity index (χ1) is 41.7. The third kappa shape index (κ3) is 48.7. The summed E-state index contributed by atoms with van der Waals surface area (Å²) in [5, 5.41) is 57.3. The Morgan fingerprint density at radius 1 is 0.459 bits per heavy atom. The molecule has 0 aromatic heterocycles. The van der Waals surface area contributed by atoms with Gasteiger partial charge in [-0.2, -0.15) is 0 Å². The smallest absolute Gasteiger partial charge is 0.306 e. The van der Waals surface area contributed by atoms with Gasteiger partial charge in [0.15, 0.2) is 12.4 Å². The van der Waals surface area contributed by atoms with Gasteiger partial charge in [-0.15, -0.1) is 0 Å². The predicted octanol–water partition coefficient (Wildman–Crippen LogP) is 18.3. The Morgan fingerprint density at radius 3 is 1.25 bits per heavy atom. The van der Waals surface area contributed by atoms with Crippen LogP contribution in [-0.2, 0) is 23.8 Å². The summed E-state index contributed by atoms with van der Waals surface area (Å²) in [6.07, 6.45) is 69.3. The minimum Gasteiger partial charge on any atom is -0.454 e. The van der Waals surface area contributed by atoms with Crippen molar-refractivity contribution in [3.63, 3.8) is 0 Å². The quantitative estimate of drug-likeness (QED) is 0.0195. The number of esters is 1. The van der Waals surface area contributed by atoms with Crippen LogP contribution in [0.3, 0.4) is 0 Å². The SMILES string of the molecule is CCCCC/C=C\C/C=C\C/C=C\C/C=C\CCCCCCCCCC(=O)OC1C(OCC(NC(=O)C(O)CCCCCCCCCCCC/C=C/CCCCCCCC)C(O)/C=C/CCCCCCCCCCCCC)OC(CO)C(O)C1O. The van der Waals surface area contributed by atoms with Gasteiger partial charge in [0.2, 0.25) is 5.91 Å². The molecule has 85 heavy (non-hydrogen) atoms. The number of amides is 1. The minimum absolute atomic E-state index is 0.110. The number of aliphatic hydroxyl groups is 5. The standard InChI is InChI=1S/C74H133NO10/c1-4-7-10-13-16-19-22-25-27-29-31-33-34-35-37-39-41-44-47-50-53-56-59-62-69(79)85-72-71(81)70(80)68(63-76)84-74(72)83-64-65(66(77)60-57-54-51-48-45-42-24-21-18-15-12-9-6-3)75-73(82)67(78)61-58-55-52-49-46-43-40-38-36-32-30-28-26-23-20-17-14-11-8-5-2/h16,19,25-28,31,33,35,37,57,60,65-68,70-72,74,76-78,80-81H,4-15,17-18,20-24,29-30,32,34,36,38-56,58-59,61-64H2,1-3H3,(H,75,82)/b19-16-,27-25-,28-26+,33-31-,37-35-,60-57+. The summed E-state index contributed by atoms with van der Waals surface area (Å²) in [6.45, 7) is 5.79. The first-order valence-corrected chi connectivity index (χ1v) is 35.7. The number of unbranched alkanes of at least 4 members (excludes halogenated alkanes) is 37. The van der Waals surface area contributed by atoms with Gasteiger partial charge in [-0.1, -0.05) is 293 Å². The maximum atomic E-state index is 13.5. The Morgan fingerprint density at radius 2 is 0.812 bits per heavy atom. The summed E-state index contributed by atoms with van der Waals surface area (Å²) in [5.41, 5.74) is 0. The summed E-state index contributed by atoms with van der Waals surface area (Å²) in [5.74, 6) is -1.20. The highest BCUT2D eigenvalue weighted by Gasteiger charge is 2.47. The molecule has 1 amide bonds. The van der Waals surface area contributed by atoms with E-state index in [0.717, 1.165) is 103 Å². The first kappa shape index (κ1) is 80.1. The average Bonchev–Trinajstić information content (AvgIpc) is 2.49. The van der Waals surface area contributed by atoms with Gasteiger partial charge in [-0.05, 0) is 96.3 Å². The lowest BCUT2D eigenvalue weighted by molar-refractivity contribution is -0.305. The van der Waals surface area contributed by atoms with Crippen LogP contribution >= 0.6 is 0 Å². The van der Waals surface area contributed by atoms with Crippen LogP contribution in [0, 0.1) is 0 Å². The lowest BCUT2D eigenvalue weighted by Gasteiger charge is -2.41. The van der Waals surface area contributed by atoms with E-state index in [9.17, 15) is 35.1 Å². The van der Waals surface area contributed by atoms with E-state index in [2.05, 4.69) is 86.8 Å². The number of carbonyl (C=O) groups is 2. The fraction of sp³-hybridized carbons (Fsp3) is 0.811. The zero-order chi connectivity index (χ0) is 61.7. The minimum atomic E-state index is -1.62. The monoisotopic (exact) mass is 1200 g/mol.